The minimum atomic E-state index is -0.522. The van der Waals surface area contributed by atoms with Crippen molar-refractivity contribution in [1.29, 1.82) is 0 Å². The van der Waals surface area contributed by atoms with E-state index in [4.69, 9.17) is 0 Å². The lowest BCUT2D eigenvalue weighted by atomic mass is 10.0. The lowest BCUT2D eigenvalue weighted by Crippen LogP contribution is -2.52. The summed E-state index contributed by atoms with van der Waals surface area (Å²) < 4.78 is 0. The van der Waals surface area contributed by atoms with Crippen LogP contribution in [-0.4, -0.2) is 34.4 Å². The third-order valence-corrected chi connectivity index (χ3v) is 4.53. The fourth-order valence-corrected chi connectivity index (χ4v) is 3.29. The van der Waals surface area contributed by atoms with E-state index in [1.54, 1.807) is 35.6 Å². The molecule has 126 valence electrons. The van der Waals surface area contributed by atoms with E-state index in [0.29, 0.717) is 18.5 Å². The summed E-state index contributed by atoms with van der Waals surface area (Å²) >= 11 is 0. The molecule has 2 aromatic heterocycles. The molecule has 1 aliphatic heterocycles. The smallest absolute Gasteiger partial charge is 0.254 e. The third kappa shape index (κ3) is 2.87. The lowest BCUT2D eigenvalue weighted by molar-refractivity contribution is -0.121. The number of nitrogens with zero attached hydrogens (tertiary/aromatic N) is 2. The first-order valence-corrected chi connectivity index (χ1v) is 8.32. The quantitative estimate of drug-likeness (QED) is 0.772. The number of hydrogen-bond acceptors (Lipinski definition) is 3. The Balaban J connectivity index is 1.55. The molecule has 0 saturated carbocycles. The molecule has 1 fully saturated rings. The lowest BCUT2D eigenvalue weighted by Gasteiger charge is -2.32. The Morgan fingerprint density at radius 2 is 2.16 bits per heavy atom. The SMILES string of the molecule is O=C(N[C@H]1CCCN(c2cccnc2)C1=O)c1cccc2cc[nH]c12. The van der Waals surface area contributed by atoms with Crippen molar-refractivity contribution < 1.29 is 9.59 Å². The molecular weight excluding hydrogens is 316 g/mol. The number of carbonyl (C=O) groups is 2. The van der Waals surface area contributed by atoms with Gasteiger partial charge in [0.2, 0.25) is 5.91 Å². The number of rotatable bonds is 3. The third-order valence-electron chi connectivity index (χ3n) is 4.53. The number of para-hydroxylation sites is 1. The molecule has 6 nitrogen and oxygen atoms in total. The number of pyridine rings is 1. The first-order chi connectivity index (χ1) is 12.2. The summed E-state index contributed by atoms with van der Waals surface area (Å²) in [6.45, 7) is 0.642. The van der Waals surface area contributed by atoms with Crippen LogP contribution in [0.2, 0.25) is 0 Å². The topological polar surface area (TPSA) is 78.1 Å². The normalized spacial score (nSPS) is 17.7. The maximum Gasteiger partial charge on any atom is 0.254 e. The van der Waals surface area contributed by atoms with Crippen molar-refractivity contribution in [3.05, 3.63) is 60.6 Å². The molecule has 2 amide bonds. The van der Waals surface area contributed by atoms with Gasteiger partial charge in [0.25, 0.3) is 5.91 Å². The Labute approximate surface area is 144 Å². The molecule has 25 heavy (non-hydrogen) atoms. The maximum absolute atomic E-state index is 12.8. The molecule has 0 bridgehead atoms. The highest BCUT2D eigenvalue weighted by Crippen LogP contribution is 2.21. The number of piperidine rings is 1. The van der Waals surface area contributed by atoms with E-state index < -0.39 is 6.04 Å². The average Bonchev–Trinajstić information content (AvgIpc) is 3.13. The second-order valence-corrected chi connectivity index (χ2v) is 6.12. The average molecular weight is 334 g/mol. The number of fused-ring (bicyclic) bond motifs is 1. The van der Waals surface area contributed by atoms with Crippen LogP contribution in [0.25, 0.3) is 10.9 Å². The predicted octanol–water partition coefficient (Wildman–Crippen LogP) is 2.49. The summed E-state index contributed by atoms with van der Waals surface area (Å²) in [4.78, 5) is 34.3. The number of benzene rings is 1. The Kier molecular flexibility index (Phi) is 3.93. The van der Waals surface area contributed by atoms with Crippen LogP contribution in [0.3, 0.4) is 0 Å². The minimum absolute atomic E-state index is 0.0914. The van der Waals surface area contributed by atoms with E-state index >= 15 is 0 Å². The molecule has 1 aromatic carbocycles. The van der Waals surface area contributed by atoms with Gasteiger partial charge >= 0.3 is 0 Å². The summed E-state index contributed by atoms with van der Waals surface area (Å²) in [5.41, 5.74) is 2.10. The summed E-state index contributed by atoms with van der Waals surface area (Å²) in [5.74, 6) is -0.328. The van der Waals surface area contributed by atoms with Gasteiger partial charge in [-0.3, -0.25) is 14.6 Å². The second kappa shape index (κ2) is 6.39. The largest absolute Gasteiger partial charge is 0.361 e. The maximum atomic E-state index is 12.8. The van der Waals surface area contributed by atoms with Crippen LogP contribution in [0.4, 0.5) is 5.69 Å². The van der Waals surface area contributed by atoms with E-state index in [2.05, 4.69) is 15.3 Å². The molecule has 0 aliphatic carbocycles. The van der Waals surface area contributed by atoms with Gasteiger partial charge in [0.05, 0.1) is 23.0 Å². The summed E-state index contributed by atoms with van der Waals surface area (Å²) in [7, 11) is 0. The van der Waals surface area contributed by atoms with Gasteiger partial charge in [-0.25, -0.2) is 0 Å². The Hall–Kier alpha value is -3.15. The fourth-order valence-electron chi connectivity index (χ4n) is 3.29. The van der Waals surface area contributed by atoms with Gasteiger partial charge in [-0.1, -0.05) is 12.1 Å². The molecule has 6 heteroatoms. The summed E-state index contributed by atoms with van der Waals surface area (Å²) in [5, 5.41) is 3.87. The number of amides is 2. The van der Waals surface area contributed by atoms with E-state index in [-0.39, 0.29) is 11.8 Å². The number of aromatic nitrogens is 2. The zero-order valence-corrected chi connectivity index (χ0v) is 13.6. The number of hydrogen-bond donors (Lipinski definition) is 2. The molecular formula is C19H18N4O2. The zero-order chi connectivity index (χ0) is 17.2. The molecule has 3 heterocycles. The van der Waals surface area contributed by atoms with Gasteiger partial charge in [-0.2, -0.15) is 0 Å². The summed E-state index contributed by atoms with van der Waals surface area (Å²) in [6, 6.07) is 10.6. The van der Waals surface area contributed by atoms with Crippen LogP contribution in [0.15, 0.2) is 55.0 Å². The minimum Gasteiger partial charge on any atom is -0.361 e. The van der Waals surface area contributed by atoms with E-state index in [1.807, 2.05) is 24.3 Å². The molecule has 1 atom stereocenters. The van der Waals surface area contributed by atoms with E-state index in [0.717, 1.165) is 23.0 Å². The standard InChI is InChI=1S/C19H18N4O2/c24-18(15-6-1-4-13-8-10-21-17(13)15)22-16-7-3-11-23(19(16)25)14-5-2-9-20-12-14/h1-2,4-6,8-10,12,16,21H,3,7,11H2,(H,22,24)/t16-/m0/s1. The molecule has 0 spiro atoms. The first-order valence-electron chi connectivity index (χ1n) is 8.32. The Bertz CT molecular complexity index is 919. The van der Waals surface area contributed by atoms with Crippen LogP contribution < -0.4 is 10.2 Å². The van der Waals surface area contributed by atoms with Crippen LogP contribution in [0, 0.1) is 0 Å². The highest BCUT2D eigenvalue weighted by molar-refractivity contribution is 6.08. The molecule has 0 radical (unpaired) electrons. The molecule has 4 rings (SSSR count). The van der Waals surface area contributed by atoms with E-state index in [1.165, 1.54) is 0 Å². The molecule has 3 aromatic rings. The van der Waals surface area contributed by atoms with Crippen LogP contribution in [0.5, 0.6) is 0 Å². The van der Waals surface area contributed by atoms with Crippen molar-refractivity contribution >= 4 is 28.4 Å². The molecule has 2 N–H and O–H groups in total. The van der Waals surface area contributed by atoms with Crippen LogP contribution >= 0.6 is 0 Å². The number of H-pyrrole nitrogens is 1. The van der Waals surface area contributed by atoms with Crippen molar-refractivity contribution in [2.75, 3.05) is 11.4 Å². The van der Waals surface area contributed by atoms with Crippen LogP contribution in [-0.2, 0) is 4.79 Å². The Morgan fingerprint density at radius 3 is 3.00 bits per heavy atom. The molecule has 1 aliphatic rings. The Morgan fingerprint density at radius 1 is 1.24 bits per heavy atom. The molecule has 0 unspecified atom stereocenters. The van der Waals surface area contributed by atoms with Crippen molar-refractivity contribution in [3.63, 3.8) is 0 Å². The summed E-state index contributed by atoms with van der Waals surface area (Å²) in [6.07, 6.45) is 6.62. The highest BCUT2D eigenvalue weighted by Gasteiger charge is 2.31. The number of carbonyl (C=O) groups excluding carboxylic acids is 2. The number of anilines is 1. The van der Waals surface area contributed by atoms with Gasteiger partial charge in [-0.15, -0.1) is 0 Å². The fraction of sp³-hybridized carbons (Fsp3) is 0.211. The highest BCUT2D eigenvalue weighted by atomic mass is 16.2. The number of aromatic amines is 1. The van der Waals surface area contributed by atoms with Gasteiger partial charge < -0.3 is 15.2 Å². The second-order valence-electron chi connectivity index (χ2n) is 6.12. The van der Waals surface area contributed by atoms with Crippen molar-refractivity contribution in [1.82, 2.24) is 15.3 Å². The van der Waals surface area contributed by atoms with Crippen molar-refractivity contribution in [2.45, 2.75) is 18.9 Å². The molecule has 1 saturated heterocycles. The monoisotopic (exact) mass is 334 g/mol. The zero-order valence-electron chi connectivity index (χ0n) is 13.6. The van der Waals surface area contributed by atoms with Gasteiger partial charge in [0, 0.05) is 24.3 Å². The number of nitrogens with one attached hydrogen (secondary N) is 2. The van der Waals surface area contributed by atoms with E-state index in [9.17, 15) is 9.59 Å². The van der Waals surface area contributed by atoms with Gasteiger partial charge in [-0.05, 0) is 37.1 Å². The van der Waals surface area contributed by atoms with Crippen molar-refractivity contribution in [2.24, 2.45) is 0 Å². The van der Waals surface area contributed by atoms with Crippen LogP contribution in [0.1, 0.15) is 23.2 Å². The predicted molar refractivity (Wildman–Crippen MR) is 95.4 cm³/mol. The first kappa shape index (κ1) is 15.4. The van der Waals surface area contributed by atoms with Gasteiger partial charge in [0.15, 0.2) is 0 Å². The van der Waals surface area contributed by atoms with Gasteiger partial charge in [0.1, 0.15) is 6.04 Å². The van der Waals surface area contributed by atoms with Crippen molar-refractivity contribution in [3.8, 4) is 0 Å².